The van der Waals surface area contributed by atoms with E-state index in [1.807, 2.05) is 27.2 Å². The molecule has 0 aliphatic rings. The minimum absolute atomic E-state index is 0.0555. The standard InChI is InChI=1S/C42H77N2O6P/c1-6-8-10-12-14-16-18-20-22-24-26-28-30-32-34-36-42(46)43-40(39-50-51(47,48)49-38-37-44(3,4)5)41(45)35-33-31-29-27-25-23-21-19-17-15-13-11-9-7-2/h8,10,14,16,20,22,26,28,32,34,40-41,45H,6-7,9,11-13,15,17-19,21,23-25,27,29-31,33,35-39H2,1-5H3,(H-,43,46,47,48)/p+1/b10-8-,16-14-,22-20-,28-26-,34-32-. The third-order valence-electron chi connectivity index (χ3n) is 8.56. The number of phosphoric ester groups is 1. The van der Waals surface area contributed by atoms with E-state index in [4.69, 9.17) is 9.05 Å². The fraction of sp³-hybridized carbons (Fsp3) is 0.738. The van der Waals surface area contributed by atoms with E-state index in [0.29, 0.717) is 17.4 Å². The Hall–Kier alpha value is -1.80. The van der Waals surface area contributed by atoms with Crippen molar-refractivity contribution in [1.82, 2.24) is 5.32 Å². The third kappa shape index (κ3) is 36.4. The summed E-state index contributed by atoms with van der Waals surface area (Å²) in [5.41, 5.74) is 0. The maximum absolute atomic E-state index is 12.8. The van der Waals surface area contributed by atoms with Crippen LogP contribution in [0.4, 0.5) is 0 Å². The summed E-state index contributed by atoms with van der Waals surface area (Å²) in [7, 11) is 1.55. The number of carbonyl (C=O) groups is 1. The molecule has 9 heteroatoms. The molecule has 0 bridgehead atoms. The molecule has 8 nitrogen and oxygen atoms in total. The van der Waals surface area contributed by atoms with Gasteiger partial charge in [-0.2, -0.15) is 0 Å². The summed E-state index contributed by atoms with van der Waals surface area (Å²) in [5, 5.41) is 13.8. The van der Waals surface area contributed by atoms with Crippen LogP contribution in [0, 0.1) is 0 Å². The minimum atomic E-state index is -4.34. The molecule has 296 valence electrons. The average molecular weight is 738 g/mol. The Bertz CT molecular complexity index is 1020. The number of amides is 1. The number of aliphatic hydroxyl groups is 1. The maximum atomic E-state index is 12.8. The molecule has 0 heterocycles. The van der Waals surface area contributed by atoms with Crippen molar-refractivity contribution in [2.24, 2.45) is 0 Å². The number of unbranched alkanes of at least 4 members (excludes halogenated alkanes) is 13. The Balaban J connectivity index is 4.60. The fourth-order valence-corrected chi connectivity index (χ4v) is 6.08. The normalized spacial score (nSPS) is 15.2. The van der Waals surface area contributed by atoms with Gasteiger partial charge in [-0.25, -0.2) is 4.57 Å². The van der Waals surface area contributed by atoms with Crippen molar-refractivity contribution in [3.05, 3.63) is 60.8 Å². The number of carbonyl (C=O) groups excluding carboxylic acids is 1. The van der Waals surface area contributed by atoms with Crippen molar-refractivity contribution in [2.45, 2.75) is 161 Å². The summed E-state index contributed by atoms with van der Waals surface area (Å²) in [6.07, 6.45) is 42.7. The first kappa shape index (κ1) is 49.2. The molecule has 51 heavy (non-hydrogen) atoms. The number of nitrogens with zero attached hydrogens (tertiary/aromatic N) is 1. The van der Waals surface area contributed by atoms with Crippen LogP contribution in [-0.2, 0) is 18.4 Å². The molecule has 0 aromatic heterocycles. The highest BCUT2D eigenvalue weighted by Gasteiger charge is 2.28. The zero-order chi connectivity index (χ0) is 37.9. The van der Waals surface area contributed by atoms with Crippen LogP contribution >= 0.6 is 7.82 Å². The Kier molecular flexibility index (Phi) is 32.8. The summed E-state index contributed by atoms with van der Waals surface area (Å²) in [5.74, 6) is -0.274. The van der Waals surface area contributed by atoms with Gasteiger partial charge in [0.25, 0.3) is 0 Å². The summed E-state index contributed by atoms with van der Waals surface area (Å²) >= 11 is 0. The number of hydrogen-bond acceptors (Lipinski definition) is 5. The van der Waals surface area contributed by atoms with Gasteiger partial charge < -0.3 is 19.8 Å². The summed E-state index contributed by atoms with van der Waals surface area (Å²) in [4.78, 5) is 23.0. The molecule has 0 aliphatic heterocycles. The van der Waals surface area contributed by atoms with Gasteiger partial charge in [0.05, 0.1) is 39.9 Å². The van der Waals surface area contributed by atoms with Crippen molar-refractivity contribution in [3.8, 4) is 0 Å². The molecule has 0 aromatic rings. The first-order valence-corrected chi connectivity index (χ1v) is 21.6. The van der Waals surface area contributed by atoms with E-state index in [2.05, 4.69) is 67.8 Å². The van der Waals surface area contributed by atoms with E-state index < -0.39 is 20.0 Å². The van der Waals surface area contributed by atoms with Crippen LogP contribution in [0.5, 0.6) is 0 Å². The van der Waals surface area contributed by atoms with Gasteiger partial charge in [0.1, 0.15) is 13.2 Å². The molecular weight excluding hydrogens is 659 g/mol. The molecule has 0 spiro atoms. The largest absolute Gasteiger partial charge is 0.472 e. The smallest absolute Gasteiger partial charge is 0.391 e. The molecule has 0 saturated heterocycles. The van der Waals surface area contributed by atoms with Gasteiger partial charge >= 0.3 is 7.82 Å². The molecule has 0 fully saturated rings. The molecule has 0 aromatic carbocycles. The molecular formula is C42H78N2O6P+. The van der Waals surface area contributed by atoms with Gasteiger partial charge in [-0.3, -0.25) is 13.8 Å². The topological polar surface area (TPSA) is 105 Å². The summed E-state index contributed by atoms with van der Waals surface area (Å²) in [6.45, 7) is 4.67. The van der Waals surface area contributed by atoms with Crippen molar-refractivity contribution < 1.29 is 32.9 Å². The molecule has 3 atom stereocenters. The van der Waals surface area contributed by atoms with Crippen LogP contribution < -0.4 is 5.32 Å². The molecule has 3 N–H and O–H groups in total. The van der Waals surface area contributed by atoms with Crippen LogP contribution in [0.1, 0.15) is 149 Å². The quantitative estimate of drug-likeness (QED) is 0.0259. The highest BCUT2D eigenvalue weighted by molar-refractivity contribution is 7.47. The lowest BCUT2D eigenvalue weighted by molar-refractivity contribution is -0.870. The van der Waals surface area contributed by atoms with Crippen LogP contribution in [0.2, 0.25) is 0 Å². The van der Waals surface area contributed by atoms with Gasteiger partial charge in [-0.1, -0.05) is 164 Å². The van der Waals surface area contributed by atoms with E-state index in [1.165, 1.54) is 70.6 Å². The first-order valence-electron chi connectivity index (χ1n) is 20.2. The number of rotatable bonds is 35. The lowest BCUT2D eigenvalue weighted by Crippen LogP contribution is -2.46. The SMILES string of the molecule is CC/C=C\C/C=C\C/C=C\C/C=C\C/C=C\CC(=O)NC(COP(=O)(O)OCC[N+](C)(C)C)C(O)CCCCCCCCCCCCCCCC. The third-order valence-corrected chi connectivity index (χ3v) is 9.54. The van der Waals surface area contributed by atoms with Gasteiger partial charge in [0.2, 0.25) is 5.91 Å². The second kappa shape index (κ2) is 34.0. The Labute approximate surface area is 313 Å². The summed E-state index contributed by atoms with van der Waals surface area (Å²) in [6, 6.07) is -0.815. The lowest BCUT2D eigenvalue weighted by atomic mass is 10.0. The highest BCUT2D eigenvalue weighted by Crippen LogP contribution is 2.43. The van der Waals surface area contributed by atoms with Crippen LogP contribution in [0.3, 0.4) is 0 Å². The van der Waals surface area contributed by atoms with Crippen molar-refractivity contribution in [3.63, 3.8) is 0 Å². The second-order valence-corrected chi connectivity index (χ2v) is 16.1. The zero-order valence-corrected chi connectivity index (χ0v) is 34.2. The number of hydrogen-bond donors (Lipinski definition) is 3. The van der Waals surface area contributed by atoms with E-state index in [-0.39, 0.29) is 25.5 Å². The van der Waals surface area contributed by atoms with E-state index in [1.54, 1.807) is 6.08 Å². The van der Waals surface area contributed by atoms with Crippen LogP contribution in [-0.4, -0.2) is 73.4 Å². The predicted octanol–water partition coefficient (Wildman–Crippen LogP) is 10.7. The average Bonchev–Trinajstić information content (AvgIpc) is 3.07. The number of quaternary nitrogens is 1. The Morgan fingerprint density at radius 3 is 1.55 bits per heavy atom. The number of aliphatic hydroxyl groups excluding tert-OH is 1. The highest BCUT2D eigenvalue weighted by atomic mass is 31.2. The molecule has 0 radical (unpaired) electrons. The number of likely N-dealkylation sites (N-methyl/N-ethyl adjacent to an activating group) is 1. The number of allylic oxidation sites excluding steroid dienone is 9. The molecule has 0 saturated carbocycles. The van der Waals surface area contributed by atoms with Gasteiger partial charge in [0, 0.05) is 6.42 Å². The molecule has 0 rings (SSSR count). The zero-order valence-electron chi connectivity index (χ0n) is 33.3. The van der Waals surface area contributed by atoms with Crippen LogP contribution in [0.25, 0.3) is 0 Å². The minimum Gasteiger partial charge on any atom is -0.391 e. The van der Waals surface area contributed by atoms with E-state index in [9.17, 15) is 19.4 Å². The summed E-state index contributed by atoms with van der Waals surface area (Å²) < 4.78 is 23.5. The first-order chi connectivity index (χ1) is 24.5. The number of phosphoric acid groups is 1. The molecule has 0 aliphatic carbocycles. The van der Waals surface area contributed by atoms with Crippen molar-refractivity contribution in [1.29, 1.82) is 0 Å². The molecule has 1 amide bonds. The van der Waals surface area contributed by atoms with Gasteiger partial charge in [-0.15, -0.1) is 0 Å². The van der Waals surface area contributed by atoms with E-state index >= 15 is 0 Å². The van der Waals surface area contributed by atoms with Crippen LogP contribution in [0.15, 0.2) is 60.8 Å². The molecule has 3 unspecified atom stereocenters. The fourth-order valence-electron chi connectivity index (χ4n) is 5.35. The Morgan fingerprint density at radius 1 is 0.667 bits per heavy atom. The predicted molar refractivity (Wildman–Crippen MR) is 217 cm³/mol. The van der Waals surface area contributed by atoms with E-state index in [0.717, 1.165) is 51.4 Å². The second-order valence-electron chi connectivity index (χ2n) is 14.6. The maximum Gasteiger partial charge on any atom is 0.472 e. The van der Waals surface area contributed by atoms with Crippen molar-refractivity contribution in [2.75, 3.05) is 40.9 Å². The van der Waals surface area contributed by atoms with Gasteiger partial charge in [-0.05, 0) is 38.5 Å². The Morgan fingerprint density at radius 2 is 1.10 bits per heavy atom. The lowest BCUT2D eigenvalue weighted by Gasteiger charge is -2.26. The van der Waals surface area contributed by atoms with Crippen molar-refractivity contribution >= 4 is 13.7 Å². The monoisotopic (exact) mass is 738 g/mol. The van der Waals surface area contributed by atoms with Gasteiger partial charge in [0.15, 0.2) is 0 Å². The number of nitrogens with one attached hydrogen (secondary N) is 1.